The molecule has 0 saturated carbocycles. The summed E-state index contributed by atoms with van der Waals surface area (Å²) < 4.78 is 0. The summed E-state index contributed by atoms with van der Waals surface area (Å²) in [5.41, 5.74) is 1.07. The first-order valence-corrected chi connectivity index (χ1v) is 7.19. The minimum atomic E-state index is -0.188. The Morgan fingerprint density at radius 3 is 2.38 bits per heavy atom. The van der Waals surface area contributed by atoms with Crippen LogP contribution in [0.15, 0.2) is 36.4 Å². The van der Waals surface area contributed by atoms with Crippen LogP contribution in [0.5, 0.6) is 5.75 Å². The summed E-state index contributed by atoms with van der Waals surface area (Å²) in [4.78, 5) is 27.0. The van der Waals surface area contributed by atoms with Gasteiger partial charge in [0.2, 0.25) is 0 Å². The summed E-state index contributed by atoms with van der Waals surface area (Å²) in [7, 11) is 0. The van der Waals surface area contributed by atoms with Crippen molar-refractivity contribution in [1.82, 2.24) is 9.80 Å². The highest BCUT2D eigenvalue weighted by Crippen LogP contribution is 2.22. The number of likely N-dealkylation sites (tertiary alicyclic amines) is 1. The van der Waals surface area contributed by atoms with Gasteiger partial charge >= 0.3 is 0 Å². The fourth-order valence-corrected chi connectivity index (χ4v) is 3.02. The SMILES string of the molecule is O=C1C=CC(=O)N1C1CCN(Cc2cccc(O)c2)CC1. The van der Waals surface area contributed by atoms with Crippen LogP contribution in [0.4, 0.5) is 0 Å². The number of nitrogens with zero attached hydrogens (tertiary/aromatic N) is 2. The average molecular weight is 286 g/mol. The first-order valence-electron chi connectivity index (χ1n) is 7.19. The van der Waals surface area contributed by atoms with Gasteiger partial charge in [-0.1, -0.05) is 12.1 Å². The Morgan fingerprint density at radius 2 is 1.76 bits per heavy atom. The number of phenolic OH excluding ortho intramolecular Hbond substituents is 1. The van der Waals surface area contributed by atoms with E-state index >= 15 is 0 Å². The molecule has 2 heterocycles. The van der Waals surface area contributed by atoms with E-state index in [0.717, 1.165) is 38.0 Å². The van der Waals surface area contributed by atoms with Crippen molar-refractivity contribution in [2.75, 3.05) is 13.1 Å². The van der Waals surface area contributed by atoms with Gasteiger partial charge in [0.15, 0.2) is 0 Å². The van der Waals surface area contributed by atoms with Crippen molar-refractivity contribution in [2.24, 2.45) is 0 Å². The predicted molar refractivity (Wildman–Crippen MR) is 77.4 cm³/mol. The van der Waals surface area contributed by atoms with Crippen LogP contribution in [-0.2, 0) is 16.1 Å². The van der Waals surface area contributed by atoms with Gasteiger partial charge in [-0.25, -0.2) is 0 Å². The molecule has 110 valence electrons. The Kier molecular flexibility index (Phi) is 3.75. The third kappa shape index (κ3) is 2.97. The van der Waals surface area contributed by atoms with Crippen molar-refractivity contribution in [3.63, 3.8) is 0 Å². The summed E-state index contributed by atoms with van der Waals surface area (Å²) in [6.07, 6.45) is 4.30. The molecule has 0 spiro atoms. The predicted octanol–water partition coefficient (Wildman–Crippen LogP) is 1.28. The number of carbonyl (C=O) groups is 2. The van der Waals surface area contributed by atoms with Gasteiger partial charge in [-0.05, 0) is 30.5 Å². The molecule has 1 N–H and O–H groups in total. The second-order valence-electron chi connectivity index (χ2n) is 5.56. The van der Waals surface area contributed by atoms with Gasteiger partial charge in [-0.2, -0.15) is 0 Å². The van der Waals surface area contributed by atoms with Crippen molar-refractivity contribution in [2.45, 2.75) is 25.4 Å². The first kappa shape index (κ1) is 13.8. The van der Waals surface area contributed by atoms with Crippen molar-refractivity contribution < 1.29 is 14.7 Å². The Hall–Kier alpha value is -2.14. The van der Waals surface area contributed by atoms with Gasteiger partial charge in [0.05, 0.1) is 0 Å². The van der Waals surface area contributed by atoms with Crippen molar-refractivity contribution in [3.05, 3.63) is 42.0 Å². The molecule has 0 atom stereocenters. The topological polar surface area (TPSA) is 60.9 Å². The summed E-state index contributed by atoms with van der Waals surface area (Å²) in [5, 5.41) is 9.48. The summed E-state index contributed by atoms with van der Waals surface area (Å²) >= 11 is 0. The van der Waals surface area contributed by atoms with Gasteiger partial charge in [-0.15, -0.1) is 0 Å². The van der Waals surface area contributed by atoms with E-state index in [4.69, 9.17) is 0 Å². The molecule has 0 aromatic heterocycles. The molecular formula is C16H18N2O3. The molecule has 1 aromatic carbocycles. The second-order valence-corrected chi connectivity index (χ2v) is 5.56. The van der Waals surface area contributed by atoms with E-state index in [2.05, 4.69) is 4.90 Å². The molecular weight excluding hydrogens is 268 g/mol. The van der Waals surface area contributed by atoms with E-state index in [1.54, 1.807) is 12.1 Å². The van der Waals surface area contributed by atoms with Crippen LogP contribution < -0.4 is 0 Å². The Morgan fingerprint density at radius 1 is 1.10 bits per heavy atom. The second kappa shape index (κ2) is 5.69. The van der Waals surface area contributed by atoms with E-state index in [1.807, 2.05) is 12.1 Å². The molecule has 1 saturated heterocycles. The van der Waals surface area contributed by atoms with Crippen molar-refractivity contribution >= 4 is 11.8 Å². The average Bonchev–Trinajstić information content (AvgIpc) is 2.79. The zero-order valence-electron chi connectivity index (χ0n) is 11.7. The summed E-state index contributed by atoms with van der Waals surface area (Å²) in [6.45, 7) is 2.47. The Balaban J connectivity index is 1.56. The zero-order valence-corrected chi connectivity index (χ0v) is 11.7. The normalized spacial score (nSPS) is 20.5. The van der Waals surface area contributed by atoms with E-state index in [0.29, 0.717) is 0 Å². The molecule has 2 aliphatic rings. The quantitative estimate of drug-likeness (QED) is 0.850. The Bertz CT molecular complexity index is 571. The molecule has 0 bridgehead atoms. The number of hydrogen-bond donors (Lipinski definition) is 1. The highest BCUT2D eigenvalue weighted by molar-refractivity contribution is 6.13. The first-order chi connectivity index (χ1) is 10.1. The number of benzene rings is 1. The van der Waals surface area contributed by atoms with Gasteiger partial charge < -0.3 is 5.11 Å². The molecule has 0 aliphatic carbocycles. The minimum Gasteiger partial charge on any atom is -0.508 e. The van der Waals surface area contributed by atoms with Crippen molar-refractivity contribution in [3.8, 4) is 5.75 Å². The van der Waals surface area contributed by atoms with E-state index < -0.39 is 0 Å². The van der Waals surface area contributed by atoms with Crippen LogP contribution in [0.3, 0.4) is 0 Å². The largest absolute Gasteiger partial charge is 0.508 e. The lowest BCUT2D eigenvalue weighted by Crippen LogP contribution is -2.47. The highest BCUT2D eigenvalue weighted by atomic mass is 16.3. The number of hydrogen-bond acceptors (Lipinski definition) is 4. The lowest BCUT2D eigenvalue weighted by Gasteiger charge is -2.35. The lowest BCUT2D eigenvalue weighted by molar-refractivity contribution is -0.140. The van der Waals surface area contributed by atoms with Gasteiger partial charge in [0, 0.05) is 37.8 Å². The van der Waals surface area contributed by atoms with Crippen LogP contribution in [0.2, 0.25) is 0 Å². The zero-order chi connectivity index (χ0) is 14.8. The van der Waals surface area contributed by atoms with Gasteiger partial charge in [-0.3, -0.25) is 19.4 Å². The standard InChI is InChI=1S/C16H18N2O3/c19-14-3-1-2-12(10-14)11-17-8-6-13(7-9-17)18-15(20)4-5-16(18)21/h1-5,10,13,19H,6-9,11H2. The molecule has 0 unspecified atom stereocenters. The molecule has 1 aromatic rings. The number of phenols is 1. The number of amides is 2. The minimum absolute atomic E-state index is 0.0143. The maximum Gasteiger partial charge on any atom is 0.253 e. The molecule has 0 radical (unpaired) electrons. The fourth-order valence-electron chi connectivity index (χ4n) is 3.02. The molecule has 2 aliphatic heterocycles. The number of imide groups is 1. The van der Waals surface area contributed by atoms with Crippen molar-refractivity contribution in [1.29, 1.82) is 0 Å². The van der Waals surface area contributed by atoms with Gasteiger partial charge in [0.25, 0.3) is 11.8 Å². The molecule has 5 heteroatoms. The molecule has 21 heavy (non-hydrogen) atoms. The maximum absolute atomic E-state index is 11.7. The smallest absolute Gasteiger partial charge is 0.253 e. The van der Waals surface area contributed by atoms with E-state index in [9.17, 15) is 14.7 Å². The Labute approximate surface area is 123 Å². The number of rotatable bonds is 3. The summed E-state index contributed by atoms with van der Waals surface area (Å²) in [5.74, 6) is -0.0976. The summed E-state index contributed by atoms with van der Waals surface area (Å²) in [6, 6.07) is 7.27. The van der Waals surface area contributed by atoms with Crippen LogP contribution >= 0.6 is 0 Å². The monoisotopic (exact) mass is 286 g/mol. The molecule has 5 nitrogen and oxygen atoms in total. The number of aromatic hydroxyl groups is 1. The van der Waals surface area contributed by atoms with Crippen LogP contribution in [-0.4, -0.2) is 45.9 Å². The van der Waals surface area contributed by atoms with Gasteiger partial charge in [0.1, 0.15) is 5.75 Å². The highest BCUT2D eigenvalue weighted by Gasteiger charge is 2.33. The van der Waals surface area contributed by atoms with E-state index in [1.165, 1.54) is 17.1 Å². The fraction of sp³-hybridized carbons (Fsp3) is 0.375. The van der Waals surface area contributed by atoms with E-state index in [-0.39, 0.29) is 23.6 Å². The maximum atomic E-state index is 11.7. The number of carbonyl (C=O) groups excluding carboxylic acids is 2. The molecule has 2 amide bonds. The third-order valence-corrected chi connectivity index (χ3v) is 4.08. The lowest BCUT2D eigenvalue weighted by atomic mass is 10.0. The number of piperidine rings is 1. The van der Waals surface area contributed by atoms with Crippen LogP contribution in [0.1, 0.15) is 18.4 Å². The molecule has 3 rings (SSSR count). The molecule has 1 fully saturated rings. The van der Waals surface area contributed by atoms with Crippen LogP contribution in [0.25, 0.3) is 0 Å². The van der Waals surface area contributed by atoms with Crippen LogP contribution in [0, 0.1) is 0 Å². The third-order valence-electron chi connectivity index (χ3n) is 4.08.